The van der Waals surface area contributed by atoms with Gasteiger partial charge in [0.2, 0.25) is 0 Å². The van der Waals surface area contributed by atoms with Crippen LogP contribution in [0.3, 0.4) is 0 Å². The van der Waals surface area contributed by atoms with Crippen LogP contribution in [0, 0.1) is 0 Å². The fraction of sp³-hybridized carbons (Fsp3) is 0.511. The van der Waals surface area contributed by atoms with Gasteiger partial charge in [0.15, 0.2) is 12.1 Å². The van der Waals surface area contributed by atoms with E-state index in [9.17, 15) is 19.5 Å². The van der Waals surface area contributed by atoms with Crippen molar-refractivity contribution in [1.29, 1.82) is 0 Å². The number of aliphatic carboxylic acids is 1. The first-order valence-electron chi connectivity index (χ1n) is 20.2. The highest BCUT2D eigenvalue weighted by Gasteiger charge is 2.31. The third kappa shape index (κ3) is 35.2. The van der Waals surface area contributed by atoms with E-state index < -0.39 is 24.1 Å². The second kappa shape index (κ2) is 36.7. The maximum atomic E-state index is 12.6. The van der Waals surface area contributed by atoms with E-state index in [4.69, 9.17) is 14.2 Å². The van der Waals surface area contributed by atoms with E-state index in [1.807, 2.05) is 112 Å². The molecule has 0 saturated carbocycles. The van der Waals surface area contributed by atoms with Crippen LogP contribution < -0.4 is 0 Å². The maximum absolute atomic E-state index is 12.6. The van der Waals surface area contributed by atoms with Crippen molar-refractivity contribution in [2.45, 2.75) is 116 Å². The highest BCUT2D eigenvalue weighted by Crippen LogP contribution is 2.11. The van der Waals surface area contributed by atoms with E-state index in [0.29, 0.717) is 25.7 Å². The predicted molar refractivity (Wildman–Crippen MR) is 229 cm³/mol. The molecule has 8 heteroatoms. The molecule has 0 bridgehead atoms. The molecule has 0 amide bonds. The van der Waals surface area contributed by atoms with Gasteiger partial charge in [-0.3, -0.25) is 9.59 Å². The van der Waals surface area contributed by atoms with Crippen molar-refractivity contribution in [2.24, 2.45) is 0 Å². The molecule has 0 spiro atoms. The Morgan fingerprint density at radius 1 is 0.564 bits per heavy atom. The number of nitrogens with zero attached hydrogens (tertiary/aromatic N) is 1. The lowest BCUT2D eigenvalue weighted by Gasteiger charge is -2.31. The summed E-state index contributed by atoms with van der Waals surface area (Å²) in [7, 11) is 5.47. The maximum Gasteiger partial charge on any atom is 0.362 e. The first kappa shape index (κ1) is 50.7. The summed E-state index contributed by atoms with van der Waals surface area (Å²) in [5.41, 5.74) is 0. The van der Waals surface area contributed by atoms with Crippen LogP contribution in [-0.2, 0) is 28.6 Å². The van der Waals surface area contributed by atoms with Gasteiger partial charge in [-0.1, -0.05) is 161 Å². The summed E-state index contributed by atoms with van der Waals surface area (Å²) >= 11 is 0. The summed E-state index contributed by atoms with van der Waals surface area (Å²) in [6.45, 7) is 4.35. The number of quaternary nitrogens is 1. The van der Waals surface area contributed by atoms with Gasteiger partial charge >= 0.3 is 17.9 Å². The van der Waals surface area contributed by atoms with E-state index in [0.717, 1.165) is 51.4 Å². The average Bonchev–Trinajstić information content (AvgIpc) is 3.14. The zero-order valence-electron chi connectivity index (χ0n) is 34.6. The minimum atomic E-state index is -0.898. The Bertz CT molecular complexity index is 1300. The van der Waals surface area contributed by atoms with E-state index in [1.54, 1.807) is 0 Å². The quantitative estimate of drug-likeness (QED) is 0.0308. The summed E-state index contributed by atoms with van der Waals surface area (Å²) in [5.74, 6) is -1.62. The molecule has 0 aliphatic rings. The Labute approximate surface area is 333 Å². The van der Waals surface area contributed by atoms with Crippen molar-refractivity contribution in [1.82, 2.24) is 0 Å². The van der Waals surface area contributed by atoms with Gasteiger partial charge in [-0.05, 0) is 44.9 Å². The number of esters is 2. The van der Waals surface area contributed by atoms with Gasteiger partial charge in [-0.2, -0.15) is 0 Å². The lowest BCUT2D eigenvalue weighted by Crippen LogP contribution is -2.50. The van der Waals surface area contributed by atoms with Gasteiger partial charge in [0.25, 0.3) is 0 Å². The fourth-order valence-corrected chi connectivity index (χ4v) is 4.97. The zero-order chi connectivity index (χ0) is 40.7. The minimum absolute atomic E-state index is 0.0140. The highest BCUT2D eigenvalue weighted by molar-refractivity contribution is 5.72. The summed E-state index contributed by atoms with van der Waals surface area (Å²) in [6, 6.07) is -0.639. The number of hydrogen-bond acceptors (Lipinski definition) is 6. The topological polar surface area (TPSA) is 99.1 Å². The molecule has 0 saturated heterocycles. The number of carbonyl (C=O) groups is 3. The Morgan fingerprint density at radius 2 is 1.04 bits per heavy atom. The summed E-state index contributed by atoms with van der Waals surface area (Å²) in [4.78, 5) is 36.8. The average molecular weight is 763 g/mol. The highest BCUT2D eigenvalue weighted by atomic mass is 16.6. The van der Waals surface area contributed by atoms with Crippen LogP contribution >= 0.6 is 0 Å². The molecular weight excluding hydrogens is 691 g/mol. The molecule has 55 heavy (non-hydrogen) atoms. The molecule has 0 rings (SSSR count). The second-order valence-electron chi connectivity index (χ2n) is 14.0. The van der Waals surface area contributed by atoms with Crippen molar-refractivity contribution in [3.8, 4) is 0 Å². The predicted octanol–water partition coefficient (Wildman–Crippen LogP) is 10.7. The molecule has 0 fully saturated rings. The molecule has 0 aromatic heterocycles. The largest absolute Gasteiger partial charge is 0.477 e. The van der Waals surface area contributed by atoms with Gasteiger partial charge < -0.3 is 23.8 Å². The Balaban J connectivity index is 4.58. The van der Waals surface area contributed by atoms with Gasteiger partial charge in [0.05, 0.1) is 34.4 Å². The van der Waals surface area contributed by atoms with Crippen LogP contribution in [-0.4, -0.2) is 80.6 Å². The third-order valence-electron chi connectivity index (χ3n) is 8.08. The number of allylic oxidation sites excluding steroid dienone is 20. The molecule has 0 aliphatic carbocycles. The number of unbranched alkanes of at least 4 members (excludes halogenated alkanes) is 7. The smallest absolute Gasteiger partial charge is 0.362 e. The van der Waals surface area contributed by atoms with Crippen molar-refractivity contribution >= 4 is 17.9 Å². The van der Waals surface area contributed by atoms with Crippen LogP contribution in [0.1, 0.15) is 104 Å². The molecule has 0 aliphatic heterocycles. The normalized spacial score (nSPS) is 14.3. The fourth-order valence-electron chi connectivity index (χ4n) is 4.97. The van der Waals surface area contributed by atoms with Crippen molar-refractivity contribution in [2.75, 3.05) is 41.0 Å². The molecule has 0 radical (unpaired) electrons. The van der Waals surface area contributed by atoms with Crippen molar-refractivity contribution in [3.05, 3.63) is 122 Å². The number of hydrogen-bond donors (Lipinski definition) is 1. The SMILES string of the molecule is CC/C=C/C=C/C=C/C=C/C=C/CCCC(=O)OC(COCCC(C(=O)O)[N+](C)(C)C)COC(=O)CCCCCCC/C=C/C=C/C=C/C=C/C=C/CCC. The zero-order valence-corrected chi connectivity index (χ0v) is 34.6. The van der Waals surface area contributed by atoms with Gasteiger partial charge in [0, 0.05) is 19.3 Å². The minimum Gasteiger partial charge on any atom is -0.477 e. The number of rotatable bonds is 33. The van der Waals surface area contributed by atoms with Crippen LogP contribution in [0.5, 0.6) is 0 Å². The summed E-state index contributed by atoms with van der Waals surface area (Å²) in [6.07, 6.45) is 51.1. The van der Waals surface area contributed by atoms with E-state index in [1.165, 1.54) is 6.42 Å². The van der Waals surface area contributed by atoms with Crippen LogP contribution in [0.2, 0.25) is 0 Å². The Kier molecular flexibility index (Phi) is 33.8. The van der Waals surface area contributed by atoms with Gasteiger partial charge in [0.1, 0.15) is 6.61 Å². The molecule has 306 valence electrons. The van der Waals surface area contributed by atoms with Crippen LogP contribution in [0.15, 0.2) is 122 Å². The van der Waals surface area contributed by atoms with Gasteiger partial charge in [-0.15, -0.1) is 0 Å². The number of carbonyl (C=O) groups excluding carboxylic acids is 2. The van der Waals surface area contributed by atoms with Crippen LogP contribution in [0.25, 0.3) is 0 Å². The van der Waals surface area contributed by atoms with Gasteiger partial charge in [-0.25, -0.2) is 4.79 Å². The molecule has 8 nitrogen and oxygen atoms in total. The van der Waals surface area contributed by atoms with Crippen LogP contribution in [0.4, 0.5) is 0 Å². The lowest BCUT2D eigenvalue weighted by molar-refractivity contribution is -0.887. The number of likely N-dealkylation sites (N-methyl/N-ethyl adjacent to an activating group) is 1. The van der Waals surface area contributed by atoms with Crippen molar-refractivity contribution in [3.63, 3.8) is 0 Å². The second-order valence-corrected chi connectivity index (χ2v) is 14.0. The number of carboxylic acid groups (broad SMARTS) is 1. The molecular formula is C47H72NO7+. The molecule has 0 aromatic rings. The first-order valence-corrected chi connectivity index (χ1v) is 20.2. The first-order chi connectivity index (χ1) is 26.6. The summed E-state index contributed by atoms with van der Waals surface area (Å²) in [5, 5.41) is 9.60. The molecule has 2 atom stereocenters. The molecule has 0 aromatic carbocycles. The van der Waals surface area contributed by atoms with E-state index in [2.05, 4.69) is 44.2 Å². The standard InChI is InChI=1S/C47H71NO7/c1-6-8-10-12-14-16-18-20-21-22-23-24-26-27-29-31-33-35-37-45(49)54-42-43(41-53-40-39-44(47(51)52)48(3,4)5)55-46(50)38-36-34-32-30-28-25-19-17-15-13-11-9-7-2/h9-25,28,30,32,43-44H,6-8,26-27,29,31,33-42H2,1-5H3/p+1/b11-9+,12-10+,15-13+,16-14+,19-17+,20-18+,22-21+,24-23+,28-25+,32-30+. The Hall–Kier alpha value is -4.27. The number of ether oxygens (including phenoxy) is 3. The van der Waals surface area contributed by atoms with E-state index in [-0.39, 0.29) is 36.7 Å². The monoisotopic (exact) mass is 763 g/mol. The molecule has 2 unspecified atom stereocenters. The third-order valence-corrected chi connectivity index (χ3v) is 8.08. The molecule has 0 heterocycles. The number of carboxylic acids is 1. The lowest BCUT2D eigenvalue weighted by atomic mass is 10.1. The molecule has 1 N–H and O–H groups in total. The Morgan fingerprint density at radius 3 is 1.56 bits per heavy atom. The van der Waals surface area contributed by atoms with E-state index >= 15 is 0 Å². The van der Waals surface area contributed by atoms with Crippen molar-refractivity contribution < 1.29 is 38.2 Å². The summed E-state index contributed by atoms with van der Waals surface area (Å²) < 4.78 is 17.1.